The summed E-state index contributed by atoms with van der Waals surface area (Å²) in [4.78, 5) is 14.7. The molecule has 0 atom stereocenters. The first-order chi connectivity index (χ1) is 16.5. The van der Waals surface area contributed by atoms with Crippen molar-refractivity contribution in [2.45, 2.75) is 33.0 Å². The van der Waals surface area contributed by atoms with E-state index in [1.807, 2.05) is 42.5 Å². The van der Waals surface area contributed by atoms with Gasteiger partial charge in [-0.15, -0.1) is 0 Å². The van der Waals surface area contributed by atoms with Gasteiger partial charge < -0.3 is 9.73 Å². The normalized spacial score (nSPS) is 11.0. The highest BCUT2D eigenvalue weighted by atomic mass is 19.1. The van der Waals surface area contributed by atoms with Crippen LogP contribution in [0.3, 0.4) is 0 Å². The van der Waals surface area contributed by atoms with Crippen LogP contribution < -0.4 is 5.32 Å². The van der Waals surface area contributed by atoms with Gasteiger partial charge in [0.1, 0.15) is 11.6 Å². The number of hydrogen-bond acceptors (Lipinski definition) is 3. The molecule has 1 heterocycles. The summed E-state index contributed by atoms with van der Waals surface area (Å²) in [5, 5.41) is 2.92. The first kappa shape index (κ1) is 23.5. The molecular formula is C29H29FN2O2. The molecule has 0 fully saturated rings. The van der Waals surface area contributed by atoms with Gasteiger partial charge in [-0.25, -0.2) is 4.39 Å². The Morgan fingerprint density at radius 2 is 1.56 bits per heavy atom. The van der Waals surface area contributed by atoms with E-state index in [0.717, 1.165) is 17.5 Å². The van der Waals surface area contributed by atoms with E-state index in [1.54, 1.807) is 18.2 Å². The fraction of sp³-hybridized carbons (Fsp3) is 0.207. The molecule has 1 amide bonds. The van der Waals surface area contributed by atoms with Crippen LogP contribution in [0.4, 0.5) is 4.39 Å². The number of amides is 1. The fourth-order valence-electron chi connectivity index (χ4n) is 3.87. The molecule has 0 bridgehead atoms. The van der Waals surface area contributed by atoms with Crippen LogP contribution in [0.2, 0.25) is 0 Å². The summed E-state index contributed by atoms with van der Waals surface area (Å²) >= 11 is 0. The summed E-state index contributed by atoms with van der Waals surface area (Å²) in [6.45, 7) is 4.34. The van der Waals surface area contributed by atoms with Gasteiger partial charge in [-0.2, -0.15) is 0 Å². The number of benzene rings is 3. The van der Waals surface area contributed by atoms with Gasteiger partial charge in [0, 0.05) is 19.6 Å². The molecule has 0 saturated carbocycles. The lowest BCUT2D eigenvalue weighted by molar-refractivity contribution is 0.0922. The van der Waals surface area contributed by atoms with E-state index in [-0.39, 0.29) is 11.7 Å². The fourth-order valence-corrected chi connectivity index (χ4v) is 3.87. The van der Waals surface area contributed by atoms with Crippen molar-refractivity contribution in [3.63, 3.8) is 0 Å². The zero-order chi connectivity index (χ0) is 23.8. The van der Waals surface area contributed by atoms with Crippen LogP contribution in [0.15, 0.2) is 95.4 Å². The number of carbonyl (C=O) groups excluding carboxylic acids is 1. The highest BCUT2D eigenvalue weighted by molar-refractivity contribution is 5.91. The average molecular weight is 457 g/mol. The third kappa shape index (κ3) is 6.90. The lowest BCUT2D eigenvalue weighted by atomic mass is 10.1. The molecule has 174 valence electrons. The average Bonchev–Trinajstić information content (AvgIpc) is 3.30. The molecule has 5 heteroatoms. The summed E-state index contributed by atoms with van der Waals surface area (Å²) in [5.41, 5.74) is 4.42. The van der Waals surface area contributed by atoms with Crippen LogP contribution in [-0.2, 0) is 26.1 Å². The zero-order valence-electron chi connectivity index (χ0n) is 19.3. The summed E-state index contributed by atoms with van der Waals surface area (Å²) in [6, 6.07) is 28.6. The minimum Gasteiger partial charge on any atom is -0.455 e. The van der Waals surface area contributed by atoms with Gasteiger partial charge >= 0.3 is 0 Å². The Labute approximate surface area is 200 Å². The highest BCUT2D eigenvalue weighted by Crippen LogP contribution is 2.17. The van der Waals surface area contributed by atoms with E-state index in [0.29, 0.717) is 37.7 Å². The minimum absolute atomic E-state index is 0.225. The smallest absolute Gasteiger partial charge is 0.287 e. The Kier molecular flexibility index (Phi) is 7.89. The third-order valence-corrected chi connectivity index (χ3v) is 5.63. The van der Waals surface area contributed by atoms with Gasteiger partial charge in [0.25, 0.3) is 5.91 Å². The number of furan rings is 1. The van der Waals surface area contributed by atoms with Crippen molar-refractivity contribution < 1.29 is 13.6 Å². The predicted molar refractivity (Wildman–Crippen MR) is 132 cm³/mol. The SMILES string of the molecule is Cc1ccc(CN(Cc2cccc(F)c2)Cc2ccc(C(=O)NCCc3ccccc3)o2)cc1. The van der Waals surface area contributed by atoms with Gasteiger partial charge in [-0.3, -0.25) is 9.69 Å². The largest absolute Gasteiger partial charge is 0.455 e. The van der Waals surface area contributed by atoms with Crippen molar-refractivity contribution >= 4 is 5.91 Å². The molecule has 0 aliphatic heterocycles. The molecule has 3 aromatic carbocycles. The van der Waals surface area contributed by atoms with E-state index in [9.17, 15) is 9.18 Å². The molecule has 0 spiro atoms. The Bertz CT molecular complexity index is 1200. The maximum Gasteiger partial charge on any atom is 0.287 e. The molecule has 34 heavy (non-hydrogen) atoms. The van der Waals surface area contributed by atoms with Crippen LogP contribution >= 0.6 is 0 Å². The van der Waals surface area contributed by atoms with Gasteiger partial charge in [-0.05, 0) is 54.3 Å². The number of halogens is 1. The summed E-state index contributed by atoms with van der Waals surface area (Å²) in [6.07, 6.45) is 0.762. The molecule has 0 radical (unpaired) electrons. The molecule has 4 aromatic rings. The van der Waals surface area contributed by atoms with Crippen LogP contribution in [-0.4, -0.2) is 17.4 Å². The molecule has 4 nitrogen and oxygen atoms in total. The monoisotopic (exact) mass is 456 g/mol. The highest BCUT2D eigenvalue weighted by Gasteiger charge is 2.15. The van der Waals surface area contributed by atoms with Gasteiger partial charge in [0.15, 0.2) is 5.76 Å². The third-order valence-electron chi connectivity index (χ3n) is 5.63. The second kappa shape index (κ2) is 11.4. The molecule has 0 unspecified atom stereocenters. The quantitative estimate of drug-likeness (QED) is 0.323. The Morgan fingerprint density at radius 3 is 2.32 bits per heavy atom. The zero-order valence-corrected chi connectivity index (χ0v) is 19.3. The second-order valence-electron chi connectivity index (χ2n) is 8.52. The van der Waals surface area contributed by atoms with Gasteiger partial charge in [0.2, 0.25) is 0 Å². The van der Waals surface area contributed by atoms with Gasteiger partial charge in [0.05, 0.1) is 6.54 Å². The lowest BCUT2D eigenvalue weighted by Gasteiger charge is -2.22. The lowest BCUT2D eigenvalue weighted by Crippen LogP contribution is -2.25. The van der Waals surface area contributed by atoms with E-state index < -0.39 is 0 Å². The molecule has 1 N–H and O–H groups in total. The molecule has 1 aromatic heterocycles. The van der Waals surface area contributed by atoms with E-state index >= 15 is 0 Å². The first-order valence-electron chi connectivity index (χ1n) is 11.5. The van der Waals surface area contributed by atoms with E-state index in [1.165, 1.54) is 17.2 Å². The molecule has 4 rings (SSSR count). The number of nitrogens with zero attached hydrogens (tertiary/aromatic N) is 1. The molecule has 0 saturated heterocycles. The topological polar surface area (TPSA) is 45.5 Å². The Hall–Kier alpha value is -3.70. The predicted octanol–water partition coefficient (Wildman–Crippen LogP) is 5.90. The van der Waals surface area contributed by atoms with Crippen molar-refractivity contribution in [1.29, 1.82) is 0 Å². The Balaban J connectivity index is 1.40. The van der Waals surface area contributed by atoms with Crippen molar-refractivity contribution in [1.82, 2.24) is 10.2 Å². The number of hydrogen-bond donors (Lipinski definition) is 1. The maximum atomic E-state index is 13.7. The summed E-state index contributed by atoms with van der Waals surface area (Å²) < 4.78 is 19.6. The van der Waals surface area contributed by atoms with Crippen molar-refractivity contribution in [2.24, 2.45) is 0 Å². The van der Waals surface area contributed by atoms with Crippen LogP contribution in [0.1, 0.15) is 38.6 Å². The van der Waals surface area contributed by atoms with Crippen molar-refractivity contribution in [3.8, 4) is 0 Å². The first-order valence-corrected chi connectivity index (χ1v) is 11.5. The van der Waals surface area contributed by atoms with Crippen LogP contribution in [0, 0.1) is 12.7 Å². The molecular weight excluding hydrogens is 427 g/mol. The number of nitrogens with one attached hydrogen (secondary N) is 1. The standard InChI is InChI=1S/C29H29FN2O2/c1-22-10-12-24(13-11-22)19-32(20-25-8-5-9-26(30)18-25)21-27-14-15-28(34-27)29(33)31-17-16-23-6-3-2-4-7-23/h2-15,18H,16-17,19-21H2,1H3,(H,31,33). The van der Waals surface area contributed by atoms with Crippen molar-refractivity contribution in [2.75, 3.05) is 6.54 Å². The maximum absolute atomic E-state index is 13.7. The van der Waals surface area contributed by atoms with Crippen LogP contribution in [0.5, 0.6) is 0 Å². The number of carbonyl (C=O) groups is 1. The summed E-state index contributed by atoms with van der Waals surface area (Å²) in [7, 11) is 0. The number of rotatable bonds is 10. The van der Waals surface area contributed by atoms with E-state index in [2.05, 4.69) is 41.4 Å². The minimum atomic E-state index is -0.250. The molecule has 0 aliphatic carbocycles. The summed E-state index contributed by atoms with van der Waals surface area (Å²) in [5.74, 6) is 0.512. The van der Waals surface area contributed by atoms with Crippen LogP contribution in [0.25, 0.3) is 0 Å². The van der Waals surface area contributed by atoms with Crippen molar-refractivity contribution in [3.05, 3.63) is 131 Å². The Morgan fingerprint density at radius 1 is 0.824 bits per heavy atom. The van der Waals surface area contributed by atoms with E-state index in [4.69, 9.17) is 4.42 Å². The number of aryl methyl sites for hydroxylation is 1. The second-order valence-corrected chi connectivity index (χ2v) is 8.52. The molecule has 0 aliphatic rings. The van der Waals surface area contributed by atoms with Gasteiger partial charge in [-0.1, -0.05) is 72.3 Å².